The third kappa shape index (κ3) is 2.33. The summed E-state index contributed by atoms with van der Waals surface area (Å²) in [4.78, 5) is 17.1. The van der Waals surface area contributed by atoms with Crippen LogP contribution in [0.25, 0.3) is 0 Å². The van der Waals surface area contributed by atoms with Crippen molar-refractivity contribution in [2.24, 2.45) is 0 Å². The van der Waals surface area contributed by atoms with Crippen molar-refractivity contribution in [1.29, 1.82) is 5.26 Å². The number of nitriles is 1. The molecule has 1 atom stereocenters. The highest BCUT2D eigenvalue weighted by Gasteiger charge is 2.40. The molecule has 2 aromatic carbocycles. The highest BCUT2D eigenvalue weighted by molar-refractivity contribution is 6.06. The highest BCUT2D eigenvalue weighted by atomic mass is 16.2. The summed E-state index contributed by atoms with van der Waals surface area (Å²) in [5.41, 5.74) is 4.83. The second-order valence-corrected chi connectivity index (χ2v) is 6.58. The molecule has 0 N–H and O–H groups in total. The molecule has 0 aliphatic carbocycles. The molecule has 2 aromatic rings. The molecule has 0 radical (unpaired) electrons. The highest BCUT2D eigenvalue weighted by Crippen LogP contribution is 2.41. The second-order valence-electron chi connectivity index (χ2n) is 6.58. The van der Waals surface area contributed by atoms with Crippen LogP contribution in [0.15, 0.2) is 42.5 Å². The van der Waals surface area contributed by atoms with Gasteiger partial charge in [-0.05, 0) is 43.5 Å². The maximum absolute atomic E-state index is 13.0. The van der Waals surface area contributed by atoms with Gasteiger partial charge in [0.2, 0.25) is 5.91 Å². The van der Waals surface area contributed by atoms with Gasteiger partial charge in [-0.3, -0.25) is 4.79 Å². The molecule has 0 bridgehead atoms. The summed E-state index contributed by atoms with van der Waals surface area (Å²) < 4.78 is 0. The van der Waals surface area contributed by atoms with Crippen LogP contribution in [0, 0.1) is 18.3 Å². The monoisotopic (exact) mass is 317 g/mol. The number of anilines is 2. The summed E-state index contributed by atoms with van der Waals surface area (Å²) in [5.74, 6) is 0.149. The van der Waals surface area contributed by atoms with Crippen LogP contribution in [-0.4, -0.2) is 18.5 Å². The minimum Gasteiger partial charge on any atom is -0.358 e. The summed E-state index contributed by atoms with van der Waals surface area (Å²) in [6.45, 7) is 3.51. The number of hydrogen-bond donors (Lipinski definition) is 0. The lowest BCUT2D eigenvalue weighted by Gasteiger charge is -2.39. The standard InChI is InChI=1S/C20H19N3O/c1-14-4-6-15(7-5-14)13-23-19-11-16(12-21)8-9-17(19)22-10-2-3-18(22)20(23)24/h4-9,11,18H,2-3,10,13H2,1H3/t18-/m0/s1. The number of fused-ring (bicyclic) bond motifs is 3. The molecule has 0 aromatic heterocycles. The minimum absolute atomic E-state index is 0.0594. The van der Waals surface area contributed by atoms with E-state index in [1.165, 1.54) is 5.56 Å². The molecule has 1 saturated heterocycles. The van der Waals surface area contributed by atoms with E-state index in [1.54, 1.807) is 0 Å². The topological polar surface area (TPSA) is 47.3 Å². The average molecular weight is 317 g/mol. The van der Waals surface area contributed by atoms with Crippen LogP contribution in [0.4, 0.5) is 11.4 Å². The predicted octanol–water partition coefficient (Wildman–Crippen LogP) is 3.38. The second kappa shape index (κ2) is 5.68. The Bertz CT molecular complexity index is 835. The molecule has 120 valence electrons. The van der Waals surface area contributed by atoms with Gasteiger partial charge in [-0.2, -0.15) is 5.26 Å². The van der Waals surface area contributed by atoms with E-state index in [4.69, 9.17) is 0 Å². The third-order valence-corrected chi connectivity index (χ3v) is 4.97. The molecule has 1 fully saturated rings. The zero-order valence-corrected chi connectivity index (χ0v) is 13.7. The molecule has 4 nitrogen and oxygen atoms in total. The maximum Gasteiger partial charge on any atom is 0.250 e. The summed E-state index contributed by atoms with van der Waals surface area (Å²) in [5, 5.41) is 9.23. The molecular weight excluding hydrogens is 298 g/mol. The first kappa shape index (κ1) is 14.8. The van der Waals surface area contributed by atoms with Crippen molar-refractivity contribution in [3.63, 3.8) is 0 Å². The number of amides is 1. The van der Waals surface area contributed by atoms with E-state index in [9.17, 15) is 10.1 Å². The van der Waals surface area contributed by atoms with Crippen LogP contribution in [0.5, 0.6) is 0 Å². The van der Waals surface area contributed by atoms with Crippen LogP contribution in [0.3, 0.4) is 0 Å². The summed E-state index contributed by atoms with van der Waals surface area (Å²) >= 11 is 0. The van der Waals surface area contributed by atoms with Crippen LogP contribution < -0.4 is 9.80 Å². The van der Waals surface area contributed by atoms with Crippen LogP contribution >= 0.6 is 0 Å². The Morgan fingerprint density at radius 3 is 2.71 bits per heavy atom. The van der Waals surface area contributed by atoms with E-state index in [1.807, 2.05) is 23.1 Å². The Hall–Kier alpha value is -2.80. The first-order valence-corrected chi connectivity index (χ1v) is 8.35. The molecule has 0 spiro atoms. The maximum atomic E-state index is 13.0. The van der Waals surface area contributed by atoms with E-state index in [0.717, 1.165) is 36.3 Å². The van der Waals surface area contributed by atoms with E-state index >= 15 is 0 Å². The lowest BCUT2D eigenvalue weighted by atomic mass is 10.0. The fraction of sp³-hybridized carbons (Fsp3) is 0.300. The van der Waals surface area contributed by atoms with Gasteiger partial charge in [0.05, 0.1) is 29.6 Å². The number of nitrogens with zero attached hydrogens (tertiary/aromatic N) is 3. The normalized spacial score (nSPS) is 19.0. The van der Waals surface area contributed by atoms with Crippen molar-refractivity contribution < 1.29 is 4.79 Å². The first-order valence-electron chi connectivity index (χ1n) is 8.35. The quantitative estimate of drug-likeness (QED) is 0.853. The van der Waals surface area contributed by atoms with E-state index in [-0.39, 0.29) is 11.9 Å². The molecule has 4 heteroatoms. The van der Waals surface area contributed by atoms with Crippen molar-refractivity contribution in [1.82, 2.24) is 0 Å². The summed E-state index contributed by atoms with van der Waals surface area (Å²) in [6, 6.07) is 16.1. The van der Waals surface area contributed by atoms with E-state index < -0.39 is 0 Å². The predicted molar refractivity (Wildman–Crippen MR) is 93.9 cm³/mol. The summed E-state index contributed by atoms with van der Waals surface area (Å²) in [7, 11) is 0. The van der Waals surface area contributed by atoms with Crippen LogP contribution in [-0.2, 0) is 11.3 Å². The molecule has 2 aliphatic rings. The van der Waals surface area contributed by atoms with Gasteiger partial charge < -0.3 is 9.80 Å². The van der Waals surface area contributed by atoms with Gasteiger partial charge in [0.25, 0.3) is 0 Å². The molecular formula is C20H19N3O. The molecule has 4 rings (SSSR count). The SMILES string of the molecule is Cc1ccc(CN2C(=O)[C@@H]3CCCN3c3ccc(C#N)cc32)cc1. The van der Waals surface area contributed by atoms with Gasteiger partial charge in [-0.15, -0.1) is 0 Å². The minimum atomic E-state index is -0.0594. The Morgan fingerprint density at radius 2 is 1.96 bits per heavy atom. The average Bonchev–Trinajstić information content (AvgIpc) is 3.10. The number of rotatable bonds is 2. The van der Waals surface area contributed by atoms with E-state index in [2.05, 4.69) is 42.2 Å². The summed E-state index contributed by atoms with van der Waals surface area (Å²) in [6.07, 6.45) is 1.94. The van der Waals surface area contributed by atoms with Crippen molar-refractivity contribution in [3.8, 4) is 6.07 Å². The van der Waals surface area contributed by atoms with Gasteiger partial charge in [-0.1, -0.05) is 29.8 Å². The lowest BCUT2D eigenvalue weighted by Crippen LogP contribution is -2.50. The molecule has 1 amide bonds. The lowest BCUT2D eigenvalue weighted by molar-refractivity contribution is -0.120. The number of hydrogen-bond acceptors (Lipinski definition) is 3. The molecule has 0 saturated carbocycles. The fourth-order valence-corrected chi connectivity index (χ4v) is 3.70. The van der Waals surface area contributed by atoms with Gasteiger partial charge in [0, 0.05) is 6.54 Å². The van der Waals surface area contributed by atoms with Gasteiger partial charge in [0.1, 0.15) is 6.04 Å². The zero-order chi connectivity index (χ0) is 16.7. The number of carbonyl (C=O) groups excluding carboxylic acids is 1. The van der Waals surface area contributed by atoms with Crippen molar-refractivity contribution in [3.05, 3.63) is 59.2 Å². The number of benzene rings is 2. The molecule has 2 aliphatic heterocycles. The van der Waals surface area contributed by atoms with Crippen LogP contribution in [0.2, 0.25) is 0 Å². The number of carbonyl (C=O) groups is 1. The smallest absolute Gasteiger partial charge is 0.250 e. The largest absolute Gasteiger partial charge is 0.358 e. The number of aryl methyl sites for hydroxylation is 1. The first-order chi connectivity index (χ1) is 11.7. The molecule has 2 heterocycles. The Labute approximate surface area is 141 Å². The Morgan fingerprint density at radius 1 is 1.17 bits per heavy atom. The van der Waals surface area contributed by atoms with Gasteiger partial charge in [-0.25, -0.2) is 0 Å². The molecule has 24 heavy (non-hydrogen) atoms. The van der Waals surface area contributed by atoms with Gasteiger partial charge in [0.15, 0.2) is 0 Å². The zero-order valence-electron chi connectivity index (χ0n) is 13.7. The molecule has 0 unspecified atom stereocenters. The van der Waals surface area contributed by atoms with Crippen LogP contribution in [0.1, 0.15) is 29.5 Å². The third-order valence-electron chi connectivity index (χ3n) is 4.97. The van der Waals surface area contributed by atoms with Crippen molar-refractivity contribution in [2.45, 2.75) is 32.4 Å². The van der Waals surface area contributed by atoms with E-state index in [0.29, 0.717) is 12.1 Å². The Kier molecular flexibility index (Phi) is 3.50. The van der Waals surface area contributed by atoms with Gasteiger partial charge >= 0.3 is 0 Å². The fourth-order valence-electron chi connectivity index (χ4n) is 3.70. The Balaban J connectivity index is 1.78. The van der Waals surface area contributed by atoms with Crippen molar-refractivity contribution in [2.75, 3.05) is 16.3 Å². The van der Waals surface area contributed by atoms with Crippen molar-refractivity contribution >= 4 is 17.3 Å².